The number of carbonyl (C=O) groups excluding carboxylic acids is 3. The molecular weight excluding hydrogens is 1690 g/mol. The Morgan fingerprint density at radius 1 is 0.452 bits per heavy atom. The topological polar surface area (TPSA) is 260 Å². The fourth-order valence-electron chi connectivity index (χ4n) is 11.3. The monoisotopic (exact) mass is 1750 g/mol. The van der Waals surface area contributed by atoms with Gasteiger partial charge in [0.1, 0.15) is 23.7 Å². The minimum Gasteiger partial charge on any atom is -0.504 e. The molecule has 0 unspecified atom stereocenters. The van der Waals surface area contributed by atoms with Crippen LogP contribution in [0.2, 0.25) is 20.1 Å². The number of phenols is 2. The zero-order chi connectivity index (χ0) is 81.3. The number of aromatic nitrogens is 2. The lowest BCUT2D eigenvalue weighted by Gasteiger charge is -2.21. The Labute approximate surface area is 693 Å². The van der Waals surface area contributed by atoms with Gasteiger partial charge in [-0.2, -0.15) is 4.57 Å². The summed E-state index contributed by atoms with van der Waals surface area (Å²) in [6.07, 6.45) is 13.0. The van der Waals surface area contributed by atoms with Gasteiger partial charge in [-0.05, 0) is 154 Å². The van der Waals surface area contributed by atoms with Gasteiger partial charge in [0.05, 0.1) is 70.1 Å². The number of phenolic OH excluding ortho intramolecular Hbond substituents is 2. The maximum atomic E-state index is 12.2. The molecule has 586 valence electrons. The molecule has 0 aliphatic carbocycles. The first-order chi connectivity index (χ1) is 55.8. The van der Waals surface area contributed by atoms with Crippen molar-refractivity contribution in [2.45, 2.75) is 19.4 Å². The smallest absolute Gasteiger partial charge is 0.338 e. The van der Waals surface area contributed by atoms with Crippen molar-refractivity contribution >= 4 is 151 Å². The number of rotatable bonds is 16. The van der Waals surface area contributed by atoms with E-state index in [2.05, 4.69) is 31.9 Å². The Bertz CT molecular complexity index is 6170. The number of hydrogen-bond donors (Lipinski definition) is 2. The van der Waals surface area contributed by atoms with E-state index in [9.17, 15) is 29.1 Å². The maximum Gasteiger partial charge on any atom is 0.338 e. The molecule has 115 heavy (non-hydrogen) atoms. The molecule has 2 N–H and O–H groups in total. The molecule has 17 rings (SSSR count). The Hall–Kier alpha value is -12.4. The Balaban J connectivity index is 0.000000136. The second-order valence-electron chi connectivity index (χ2n) is 24.4. The summed E-state index contributed by atoms with van der Waals surface area (Å²) < 4.78 is 62.3. The van der Waals surface area contributed by atoms with Crippen LogP contribution in [0.3, 0.4) is 0 Å². The lowest BCUT2D eigenvalue weighted by atomic mass is 10.0. The van der Waals surface area contributed by atoms with Crippen LogP contribution in [0, 0.1) is 0 Å². The van der Waals surface area contributed by atoms with E-state index in [0.717, 1.165) is 65.2 Å². The number of aromatic hydroxyl groups is 2. The average Bonchev–Trinajstić information content (AvgIpc) is 1.54. The number of furan rings is 5. The molecule has 0 saturated carbocycles. The number of benzene rings is 10. The van der Waals surface area contributed by atoms with Crippen LogP contribution >= 0.6 is 78.3 Å². The van der Waals surface area contributed by atoms with Gasteiger partial charge in [-0.15, -0.1) is 0 Å². The van der Waals surface area contributed by atoms with Gasteiger partial charge < -0.3 is 65.6 Å². The van der Waals surface area contributed by atoms with Crippen LogP contribution in [-0.2, 0) is 22.6 Å². The Morgan fingerprint density at radius 3 is 1.50 bits per heavy atom. The van der Waals surface area contributed by atoms with Crippen molar-refractivity contribution in [3.63, 3.8) is 0 Å². The molecule has 27 heteroatoms. The summed E-state index contributed by atoms with van der Waals surface area (Å²) in [5.41, 5.74) is 4.68. The fraction of sp³-hybridized carbons (Fsp3) is 0.102. The molecule has 16 aromatic rings. The van der Waals surface area contributed by atoms with Crippen molar-refractivity contribution in [3.8, 4) is 57.5 Å². The Morgan fingerprint density at radius 2 is 0.939 bits per heavy atom. The summed E-state index contributed by atoms with van der Waals surface area (Å²) in [4.78, 5) is 60.6. The van der Waals surface area contributed by atoms with E-state index in [1.54, 1.807) is 150 Å². The van der Waals surface area contributed by atoms with E-state index >= 15 is 0 Å². The van der Waals surface area contributed by atoms with E-state index in [4.69, 9.17) is 102 Å². The normalized spacial score (nSPS) is 11.3. The molecule has 1 aliphatic heterocycles. The van der Waals surface area contributed by atoms with E-state index < -0.39 is 17.2 Å². The van der Waals surface area contributed by atoms with Crippen LogP contribution in [0.1, 0.15) is 27.9 Å². The third-order valence-electron chi connectivity index (χ3n) is 16.9. The van der Waals surface area contributed by atoms with E-state index in [1.807, 2.05) is 121 Å². The highest BCUT2D eigenvalue weighted by Gasteiger charge is 2.21. The van der Waals surface area contributed by atoms with Gasteiger partial charge in [0.2, 0.25) is 5.91 Å². The summed E-state index contributed by atoms with van der Waals surface area (Å²) in [6.45, 7) is 1.05. The minimum absolute atomic E-state index is 0.00828. The Kier molecular flexibility index (Phi) is 29.7. The highest BCUT2D eigenvalue weighted by atomic mass is 79.9. The molecule has 0 spiro atoms. The van der Waals surface area contributed by atoms with Crippen molar-refractivity contribution < 1.29 is 75.1 Å². The second kappa shape index (κ2) is 40.9. The van der Waals surface area contributed by atoms with Crippen LogP contribution in [-0.4, -0.2) is 81.7 Å². The standard InChI is InChI=1S/C22H18ClNO4.C15H11ClO3.C14H9ClO3.C13H11BrN2O3.C9H8O2.C8H6O2.C7H6BrClO/c23-18-5-4-16(12-17-3-1-2-15-7-10-28-22(15)17)20(13-18)27-11-9-24-8-6-19(25)14-21(24)26;1-17-14-9-11(16)5-6-12(14)19-13-4-2-3-10-7-8-18-15(10)13;15-10-4-5-12(11(16)8-10)18-13-3-1-2-9-6-7-17-14(9)13;14-7-9-15-8-6-11(17)16(13(15)19)12(18)10-4-2-1-3-5-10;1-10-8-4-2-3-7-5-6-11-9(7)8;9-7-3-1-2-6-4-5-10-8(6)7;1-10-7-4-5(9)2-3-6(7)8/h1-8,10,13H,9,11-12,14H2;2-9H,1H3;1-8,16H;1-6,8H,7,9H2;2-6H,1H3;1-5,9H;2-4H,1H3. The number of allylic oxidation sites excluding steroid dienone is 1. The van der Waals surface area contributed by atoms with E-state index in [1.165, 1.54) is 40.1 Å². The SMILES string of the molecule is COc1cc(Cl)ccc1Br.COc1cc(Cl)ccc1Oc1cccc2ccoc12.COc1cccc2ccoc12.O=C(c1ccccc1)n1c(=O)ccn(CCBr)c1=O.O=C1C=CN(CCOc2cc(Cl)ccc2Cc2cccc3ccoc23)C(=O)C1.Oc1cc(Cl)ccc1Oc1cccc2ccoc12.Oc1cccc2ccoc12. The molecule has 1 aliphatic rings. The predicted octanol–water partition coefficient (Wildman–Crippen LogP) is 22.6. The number of carbonyl (C=O) groups is 3. The number of fused-ring (bicyclic) bond motifs is 5. The predicted molar refractivity (Wildman–Crippen MR) is 451 cm³/mol. The first kappa shape index (κ1) is 83.6. The van der Waals surface area contributed by atoms with Crippen molar-refractivity contribution in [3.05, 3.63) is 342 Å². The van der Waals surface area contributed by atoms with Gasteiger partial charge in [-0.3, -0.25) is 23.7 Å². The maximum absolute atomic E-state index is 12.2. The molecule has 0 atom stereocenters. The second-order valence-corrected chi connectivity index (χ2v) is 27.8. The van der Waals surface area contributed by atoms with Gasteiger partial charge in [0.25, 0.3) is 11.5 Å². The number of aryl methyl sites for hydroxylation is 1. The summed E-state index contributed by atoms with van der Waals surface area (Å²) >= 11 is 30.1. The van der Waals surface area contributed by atoms with Gasteiger partial charge in [-0.25, -0.2) is 4.79 Å². The molecule has 7 heterocycles. The molecule has 0 fully saturated rings. The lowest BCUT2D eigenvalue weighted by Crippen LogP contribution is -2.43. The number of nitrogens with zero attached hydrogens (tertiary/aromatic N) is 3. The summed E-state index contributed by atoms with van der Waals surface area (Å²) in [5, 5.41) is 26.8. The van der Waals surface area contributed by atoms with Crippen molar-refractivity contribution in [2.24, 2.45) is 0 Å². The molecule has 0 bridgehead atoms. The van der Waals surface area contributed by atoms with Gasteiger partial charge in [0, 0.05) is 101 Å². The van der Waals surface area contributed by atoms with Crippen molar-refractivity contribution in [1.82, 2.24) is 14.0 Å². The largest absolute Gasteiger partial charge is 0.504 e. The van der Waals surface area contributed by atoms with Crippen LogP contribution in [0.5, 0.6) is 57.5 Å². The minimum atomic E-state index is -0.624. The van der Waals surface area contributed by atoms with Crippen LogP contribution in [0.4, 0.5) is 0 Å². The van der Waals surface area contributed by atoms with Crippen molar-refractivity contribution in [2.75, 3.05) is 39.8 Å². The molecule has 0 radical (unpaired) electrons. The van der Waals surface area contributed by atoms with Crippen LogP contribution in [0.15, 0.2) is 316 Å². The number of amides is 1. The molecule has 6 aromatic heterocycles. The van der Waals surface area contributed by atoms with Gasteiger partial charge >= 0.3 is 5.69 Å². The first-order valence-corrected chi connectivity index (χ1v) is 38.3. The number of ketones is 1. The molecule has 0 saturated heterocycles. The highest BCUT2D eigenvalue weighted by molar-refractivity contribution is 9.10. The van der Waals surface area contributed by atoms with E-state index in [-0.39, 0.29) is 29.6 Å². The number of ether oxygens (including phenoxy) is 6. The first-order valence-electron chi connectivity index (χ1n) is 34.9. The summed E-state index contributed by atoms with van der Waals surface area (Å²) in [6, 6.07) is 68.1. The molecule has 1 amide bonds. The third-order valence-corrected chi connectivity index (χ3v) is 18.8. The number of alkyl halides is 1. The number of halogens is 6. The van der Waals surface area contributed by atoms with Gasteiger partial charge in [-0.1, -0.05) is 153 Å². The summed E-state index contributed by atoms with van der Waals surface area (Å²) in [5.74, 6) is 4.10. The highest BCUT2D eigenvalue weighted by Crippen LogP contribution is 2.39. The van der Waals surface area contributed by atoms with Crippen LogP contribution in [0.25, 0.3) is 54.8 Å². The van der Waals surface area contributed by atoms with E-state index in [0.29, 0.717) is 113 Å². The fourth-order valence-corrected chi connectivity index (χ4v) is 12.7. The van der Waals surface area contributed by atoms with Crippen molar-refractivity contribution in [1.29, 1.82) is 0 Å². The zero-order valence-electron chi connectivity index (χ0n) is 61.3. The average molecular weight is 1760 g/mol. The molecule has 10 aromatic carbocycles. The van der Waals surface area contributed by atoms with Crippen LogP contribution < -0.4 is 39.7 Å². The number of methoxy groups -OCH3 is 3. The lowest BCUT2D eigenvalue weighted by molar-refractivity contribution is -0.133. The number of hydrogen-bond acceptors (Lipinski definition) is 18. The summed E-state index contributed by atoms with van der Waals surface area (Å²) in [7, 11) is 4.82. The molecular formula is C88H69Br2Cl4N3O18. The zero-order valence-corrected chi connectivity index (χ0v) is 67.5. The third kappa shape index (κ3) is 22.3. The van der Waals surface area contributed by atoms with Gasteiger partial charge in [0.15, 0.2) is 74.1 Å². The quantitative estimate of drug-likeness (QED) is 0.0673. The molecule has 21 nitrogen and oxygen atoms in total. The number of para-hydroxylation sites is 5.